The molecule has 1 heterocycles. The van der Waals surface area contributed by atoms with Gasteiger partial charge in [-0.05, 0) is 48.9 Å². The Morgan fingerprint density at radius 1 is 1.03 bits per heavy atom. The number of carbonyl (C=O) groups excluding carboxylic acids is 3. The first kappa shape index (κ1) is 20.8. The summed E-state index contributed by atoms with van der Waals surface area (Å²) in [7, 11) is 0. The molecule has 2 aromatic rings. The van der Waals surface area contributed by atoms with E-state index in [-0.39, 0.29) is 0 Å². The van der Waals surface area contributed by atoms with Gasteiger partial charge in [-0.15, -0.1) is 0 Å². The lowest BCUT2D eigenvalue weighted by Crippen LogP contribution is -2.45. The maximum absolute atomic E-state index is 13.0. The van der Waals surface area contributed by atoms with E-state index in [0.717, 1.165) is 18.4 Å². The molecule has 2 aromatic carbocycles. The molecule has 5 nitrogen and oxygen atoms in total. The Kier molecular flexibility index (Phi) is 6.16. The molecule has 2 amide bonds. The van der Waals surface area contributed by atoms with Gasteiger partial charge in [-0.2, -0.15) is 0 Å². The van der Waals surface area contributed by atoms with Crippen LogP contribution in [0.3, 0.4) is 0 Å². The van der Waals surface area contributed by atoms with Crippen molar-refractivity contribution in [2.75, 3.05) is 5.32 Å². The van der Waals surface area contributed by atoms with Crippen molar-refractivity contribution >= 4 is 23.3 Å². The third-order valence-electron chi connectivity index (χ3n) is 5.77. The SMILES string of the molecule is CCC(CC)c1ccc(NC(=O)C2C(=O)NC(C)(Cc3ccccc3)C2=O)cc1. The fourth-order valence-corrected chi connectivity index (χ4v) is 4.03. The van der Waals surface area contributed by atoms with Crippen LogP contribution in [0.4, 0.5) is 5.69 Å². The molecule has 2 atom stereocenters. The fraction of sp³-hybridized carbons (Fsp3) is 0.375. The van der Waals surface area contributed by atoms with Crippen molar-refractivity contribution in [2.24, 2.45) is 5.92 Å². The second-order valence-corrected chi connectivity index (χ2v) is 7.91. The quantitative estimate of drug-likeness (QED) is 0.703. The van der Waals surface area contributed by atoms with Crippen LogP contribution < -0.4 is 10.6 Å². The van der Waals surface area contributed by atoms with E-state index in [1.54, 1.807) is 6.92 Å². The summed E-state index contributed by atoms with van der Waals surface area (Å²) in [6, 6.07) is 17.1. The number of amides is 2. The van der Waals surface area contributed by atoms with Crippen LogP contribution in [0.25, 0.3) is 0 Å². The summed E-state index contributed by atoms with van der Waals surface area (Å²) in [5.74, 6) is -2.36. The van der Waals surface area contributed by atoms with Crippen molar-refractivity contribution in [2.45, 2.75) is 51.5 Å². The van der Waals surface area contributed by atoms with Crippen LogP contribution >= 0.6 is 0 Å². The van der Waals surface area contributed by atoms with E-state index in [4.69, 9.17) is 0 Å². The van der Waals surface area contributed by atoms with E-state index in [1.165, 1.54) is 5.56 Å². The highest BCUT2D eigenvalue weighted by Gasteiger charge is 2.52. The van der Waals surface area contributed by atoms with Gasteiger partial charge in [-0.3, -0.25) is 14.4 Å². The van der Waals surface area contributed by atoms with Gasteiger partial charge < -0.3 is 10.6 Å². The maximum atomic E-state index is 13.0. The Morgan fingerprint density at radius 2 is 1.66 bits per heavy atom. The first-order valence-electron chi connectivity index (χ1n) is 10.2. The molecule has 5 heteroatoms. The number of Topliss-reactive ketones (excluding diaryl/α,β-unsaturated/α-hetero) is 1. The van der Waals surface area contributed by atoms with E-state index >= 15 is 0 Å². The van der Waals surface area contributed by atoms with Crippen molar-refractivity contribution in [3.8, 4) is 0 Å². The molecule has 1 saturated heterocycles. The summed E-state index contributed by atoms with van der Waals surface area (Å²) in [6.07, 6.45) is 2.46. The third-order valence-corrected chi connectivity index (χ3v) is 5.77. The van der Waals surface area contributed by atoms with Crippen LogP contribution in [-0.4, -0.2) is 23.1 Å². The Morgan fingerprint density at radius 3 is 2.24 bits per heavy atom. The molecule has 152 valence electrons. The van der Waals surface area contributed by atoms with Gasteiger partial charge in [0.05, 0.1) is 0 Å². The zero-order chi connectivity index (χ0) is 21.0. The molecule has 1 aliphatic heterocycles. The van der Waals surface area contributed by atoms with Gasteiger partial charge in [-0.25, -0.2) is 0 Å². The molecule has 0 aliphatic carbocycles. The Labute approximate surface area is 171 Å². The predicted octanol–water partition coefficient (Wildman–Crippen LogP) is 3.85. The van der Waals surface area contributed by atoms with Gasteiger partial charge in [0.1, 0.15) is 5.54 Å². The van der Waals surface area contributed by atoms with E-state index in [0.29, 0.717) is 18.0 Å². The minimum atomic E-state index is -1.33. The van der Waals surface area contributed by atoms with Gasteiger partial charge in [0.2, 0.25) is 11.8 Å². The number of rotatable bonds is 7. The van der Waals surface area contributed by atoms with Crippen LogP contribution in [-0.2, 0) is 20.8 Å². The molecule has 1 fully saturated rings. The highest BCUT2D eigenvalue weighted by molar-refractivity contribution is 6.27. The number of hydrogen-bond acceptors (Lipinski definition) is 3. The van der Waals surface area contributed by atoms with Crippen molar-refractivity contribution in [3.63, 3.8) is 0 Å². The van der Waals surface area contributed by atoms with Gasteiger partial charge >= 0.3 is 0 Å². The Bertz CT molecular complexity index is 888. The number of benzene rings is 2. The van der Waals surface area contributed by atoms with Crippen molar-refractivity contribution in [3.05, 3.63) is 65.7 Å². The topological polar surface area (TPSA) is 75.3 Å². The second-order valence-electron chi connectivity index (χ2n) is 7.91. The summed E-state index contributed by atoms with van der Waals surface area (Å²) in [5.41, 5.74) is 1.65. The summed E-state index contributed by atoms with van der Waals surface area (Å²) < 4.78 is 0. The van der Waals surface area contributed by atoms with E-state index < -0.39 is 29.1 Å². The monoisotopic (exact) mass is 392 g/mol. The summed E-state index contributed by atoms with van der Waals surface area (Å²) in [6.45, 7) is 5.99. The molecule has 0 aromatic heterocycles. The van der Waals surface area contributed by atoms with Gasteiger partial charge in [0.25, 0.3) is 0 Å². The smallest absolute Gasteiger partial charge is 0.244 e. The molecule has 0 saturated carbocycles. The van der Waals surface area contributed by atoms with Crippen LogP contribution in [0.15, 0.2) is 54.6 Å². The van der Waals surface area contributed by atoms with Crippen molar-refractivity contribution in [1.29, 1.82) is 0 Å². The van der Waals surface area contributed by atoms with E-state index in [1.807, 2.05) is 54.6 Å². The number of carbonyl (C=O) groups is 3. The number of hydrogen-bond donors (Lipinski definition) is 2. The number of anilines is 1. The zero-order valence-electron chi connectivity index (χ0n) is 17.2. The minimum Gasteiger partial charge on any atom is -0.342 e. The lowest BCUT2D eigenvalue weighted by molar-refractivity contribution is -0.135. The predicted molar refractivity (Wildman–Crippen MR) is 114 cm³/mol. The molecule has 0 bridgehead atoms. The highest BCUT2D eigenvalue weighted by atomic mass is 16.2. The van der Waals surface area contributed by atoms with Gasteiger partial charge in [0.15, 0.2) is 11.7 Å². The van der Waals surface area contributed by atoms with Crippen LogP contribution in [0, 0.1) is 5.92 Å². The van der Waals surface area contributed by atoms with Crippen LogP contribution in [0.5, 0.6) is 0 Å². The second kappa shape index (κ2) is 8.60. The average Bonchev–Trinajstić information content (AvgIpc) is 2.93. The lowest BCUT2D eigenvalue weighted by Gasteiger charge is -2.22. The minimum absolute atomic E-state index is 0.353. The zero-order valence-corrected chi connectivity index (χ0v) is 17.2. The van der Waals surface area contributed by atoms with Crippen molar-refractivity contribution < 1.29 is 14.4 Å². The molecule has 3 rings (SSSR count). The number of nitrogens with one attached hydrogen (secondary N) is 2. The third kappa shape index (κ3) is 4.39. The van der Waals surface area contributed by atoms with E-state index in [2.05, 4.69) is 24.5 Å². The average molecular weight is 392 g/mol. The Balaban J connectivity index is 1.71. The molecule has 0 radical (unpaired) electrons. The summed E-state index contributed by atoms with van der Waals surface area (Å²) in [5, 5.41) is 5.46. The molecule has 2 unspecified atom stereocenters. The summed E-state index contributed by atoms with van der Waals surface area (Å²) >= 11 is 0. The maximum Gasteiger partial charge on any atom is 0.244 e. The van der Waals surface area contributed by atoms with E-state index in [9.17, 15) is 14.4 Å². The fourth-order valence-electron chi connectivity index (χ4n) is 4.03. The number of ketones is 1. The lowest BCUT2D eigenvalue weighted by atomic mass is 9.86. The van der Waals surface area contributed by atoms with Crippen molar-refractivity contribution in [1.82, 2.24) is 5.32 Å². The highest BCUT2D eigenvalue weighted by Crippen LogP contribution is 2.27. The summed E-state index contributed by atoms with van der Waals surface area (Å²) in [4.78, 5) is 38.1. The molecular weight excluding hydrogens is 364 g/mol. The van der Waals surface area contributed by atoms with Crippen LogP contribution in [0.2, 0.25) is 0 Å². The molecule has 0 spiro atoms. The largest absolute Gasteiger partial charge is 0.342 e. The van der Waals surface area contributed by atoms with Gasteiger partial charge in [-0.1, -0.05) is 56.3 Å². The van der Waals surface area contributed by atoms with Crippen LogP contribution in [0.1, 0.15) is 50.7 Å². The Hall–Kier alpha value is -2.95. The molecule has 1 aliphatic rings. The molecule has 29 heavy (non-hydrogen) atoms. The van der Waals surface area contributed by atoms with Gasteiger partial charge in [0, 0.05) is 12.1 Å². The first-order valence-corrected chi connectivity index (χ1v) is 10.2. The molecule has 2 N–H and O–H groups in total. The first-order chi connectivity index (χ1) is 13.9. The molecular formula is C24H28N2O3. The standard InChI is InChI=1S/C24H28N2O3/c1-4-17(5-2)18-11-13-19(14-12-18)25-22(28)20-21(27)24(3,26-23(20)29)15-16-9-7-6-8-10-16/h6-14,17,20H,4-5,15H2,1-3H3,(H,25,28)(H,26,29). The normalized spacial score (nSPS) is 21.3.